The van der Waals surface area contributed by atoms with Crippen LogP contribution in [0.15, 0.2) is 42.5 Å². The monoisotopic (exact) mass is 283 g/mol. The normalized spacial score (nSPS) is 12.8. The third-order valence-electron chi connectivity index (χ3n) is 3.67. The molecule has 1 N–H and O–H groups in total. The van der Waals surface area contributed by atoms with Crippen molar-refractivity contribution < 1.29 is 9.90 Å². The van der Waals surface area contributed by atoms with Gasteiger partial charge in [-0.15, -0.1) is 0 Å². The van der Waals surface area contributed by atoms with E-state index in [9.17, 15) is 4.79 Å². The molecule has 0 fully saturated rings. The first-order valence-electron chi connectivity index (χ1n) is 7.46. The number of fused-ring (bicyclic) bond motifs is 1. The highest BCUT2D eigenvalue weighted by molar-refractivity contribution is 5.79. The molecule has 0 saturated carbocycles. The van der Waals surface area contributed by atoms with Gasteiger partial charge >= 0.3 is 5.97 Å². The molecule has 0 amide bonds. The molecule has 0 bridgehead atoms. The second kappa shape index (κ2) is 7.58. The summed E-state index contributed by atoms with van der Waals surface area (Å²) >= 11 is 0. The summed E-state index contributed by atoms with van der Waals surface area (Å²) in [7, 11) is 0. The lowest BCUT2D eigenvalue weighted by atomic mass is 9.99. The number of hydrogen-bond donors (Lipinski definition) is 1. The van der Waals surface area contributed by atoms with Gasteiger partial charge in [-0.05, 0) is 43.9 Å². The summed E-state index contributed by atoms with van der Waals surface area (Å²) in [6.07, 6.45) is 7.31. The van der Waals surface area contributed by atoms with Crippen LogP contribution in [0, 0.1) is 5.92 Å². The molecule has 0 spiro atoms. The zero-order valence-corrected chi connectivity index (χ0v) is 12.3. The first-order chi connectivity index (χ1) is 10.2. The minimum absolute atomic E-state index is 0.211. The van der Waals surface area contributed by atoms with Crippen LogP contribution in [0.3, 0.4) is 0 Å². The Labute approximate surface area is 125 Å². The van der Waals surface area contributed by atoms with Gasteiger partial charge in [0.15, 0.2) is 0 Å². The van der Waals surface area contributed by atoms with E-state index in [1.165, 1.54) is 0 Å². The molecule has 1 heterocycles. The van der Waals surface area contributed by atoms with E-state index in [-0.39, 0.29) is 5.92 Å². The number of benzene rings is 1. The maximum atomic E-state index is 10.9. The summed E-state index contributed by atoms with van der Waals surface area (Å²) in [5.41, 5.74) is 1.94. The lowest BCUT2D eigenvalue weighted by Crippen LogP contribution is -2.11. The third kappa shape index (κ3) is 4.42. The van der Waals surface area contributed by atoms with Crippen molar-refractivity contribution >= 4 is 22.9 Å². The van der Waals surface area contributed by atoms with Gasteiger partial charge in [0.05, 0.1) is 17.1 Å². The van der Waals surface area contributed by atoms with E-state index in [2.05, 4.69) is 17.1 Å². The van der Waals surface area contributed by atoms with Crippen LogP contribution in [0.1, 0.15) is 38.3 Å². The van der Waals surface area contributed by atoms with Crippen molar-refractivity contribution in [2.75, 3.05) is 0 Å². The molecule has 3 heteroatoms. The van der Waals surface area contributed by atoms with Crippen LogP contribution in [0.25, 0.3) is 17.0 Å². The predicted octanol–water partition coefficient (Wildman–Crippen LogP) is 4.53. The minimum atomic E-state index is -0.683. The molecule has 0 radical (unpaired) electrons. The average Bonchev–Trinajstić information content (AvgIpc) is 2.50. The van der Waals surface area contributed by atoms with Crippen LogP contribution in [0.5, 0.6) is 0 Å². The van der Waals surface area contributed by atoms with Gasteiger partial charge < -0.3 is 5.11 Å². The lowest BCUT2D eigenvalue weighted by molar-refractivity contribution is -0.142. The van der Waals surface area contributed by atoms with E-state index in [4.69, 9.17) is 5.11 Å². The average molecular weight is 283 g/mol. The Hall–Kier alpha value is -2.16. The number of nitrogens with zero attached hydrogens (tertiary/aromatic N) is 1. The number of unbranched alkanes of at least 4 members (excludes halogenated alkanes) is 1. The Morgan fingerprint density at radius 3 is 2.86 bits per heavy atom. The van der Waals surface area contributed by atoms with E-state index >= 15 is 0 Å². The first-order valence-corrected chi connectivity index (χ1v) is 7.46. The van der Waals surface area contributed by atoms with Crippen molar-refractivity contribution in [3.63, 3.8) is 0 Å². The zero-order chi connectivity index (χ0) is 15.1. The van der Waals surface area contributed by atoms with E-state index in [0.717, 1.165) is 35.9 Å². The summed E-state index contributed by atoms with van der Waals surface area (Å²) in [6.45, 7) is 1.92. The summed E-state index contributed by atoms with van der Waals surface area (Å²) in [4.78, 5) is 15.5. The maximum absolute atomic E-state index is 10.9. The number of carbonyl (C=O) groups is 1. The van der Waals surface area contributed by atoms with Crippen LogP contribution in [-0.2, 0) is 4.79 Å². The molecule has 21 heavy (non-hydrogen) atoms. The summed E-state index contributed by atoms with van der Waals surface area (Å²) in [5, 5.41) is 10.1. The molecular weight excluding hydrogens is 262 g/mol. The number of aliphatic carboxylic acids is 1. The lowest BCUT2D eigenvalue weighted by Gasteiger charge is -2.07. The smallest absolute Gasteiger partial charge is 0.306 e. The van der Waals surface area contributed by atoms with Gasteiger partial charge in [-0.2, -0.15) is 0 Å². The van der Waals surface area contributed by atoms with Crippen molar-refractivity contribution in [2.24, 2.45) is 5.92 Å². The number of para-hydroxylation sites is 1. The van der Waals surface area contributed by atoms with Crippen molar-refractivity contribution in [3.8, 4) is 0 Å². The standard InChI is InChI=1S/C18H21NO2/c1-2-14(18(20)21)8-4-3-5-10-16-13-12-15-9-6-7-11-17(15)19-16/h5-7,9-14H,2-4,8H2,1H3,(H,20,21). The maximum Gasteiger partial charge on any atom is 0.306 e. The fourth-order valence-electron chi connectivity index (χ4n) is 2.36. The second-order valence-electron chi connectivity index (χ2n) is 5.21. The third-order valence-corrected chi connectivity index (χ3v) is 3.67. The molecular formula is C18H21NO2. The Morgan fingerprint density at radius 2 is 2.10 bits per heavy atom. The molecule has 2 aromatic rings. The number of allylic oxidation sites excluding steroid dienone is 1. The number of rotatable bonds is 7. The van der Waals surface area contributed by atoms with E-state index in [0.29, 0.717) is 6.42 Å². The minimum Gasteiger partial charge on any atom is -0.481 e. The molecule has 110 valence electrons. The van der Waals surface area contributed by atoms with Gasteiger partial charge in [0.25, 0.3) is 0 Å². The van der Waals surface area contributed by atoms with Crippen molar-refractivity contribution in [2.45, 2.75) is 32.6 Å². The molecule has 1 unspecified atom stereocenters. The van der Waals surface area contributed by atoms with Crippen LogP contribution >= 0.6 is 0 Å². The van der Waals surface area contributed by atoms with E-state index in [1.807, 2.05) is 43.3 Å². The van der Waals surface area contributed by atoms with Crippen molar-refractivity contribution in [1.82, 2.24) is 4.98 Å². The number of carboxylic acid groups (broad SMARTS) is 1. The Balaban J connectivity index is 1.87. The molecule has 0 aliphatic rings. The van der Waals surface area contributed by atoms with Gasteiger partial charge in [0.2, 0.25) is 0 Å². The number of pyridine rings is 1. The highest BCUT2D eigenvalue weighted by atomic mass is 16.4. The van der Waals surface area contributed by atoms with E-state index in [1.54, 1.807) is 0 Å². The van der Waals surface area contributed by atoms with E-state index < -0.39 is 5.97 Å². The molecule has 2 rings (SSSR count). The van der Waals surface area contributed by atoms with Gasteiger partial charge in [-0.1, -0.05) is 37.3 Å². The molecule has 3 nitrogen and oxygen atoms in total. The van der Waals surface area contributed by atoms with Crippen molar-refractivity contribution in [1.29, 1.82) is 0 Å². The van der Waals surface area contributed by atoms with Crippen molar-refractivity contribution in [3.05, 3.63) is 48.2 Å². The number of hydrogen-bond acceptors (Lipinski definition) is 2. The quantitative estimate of drug-likeness (QED) is 0.759. The Bertz CT molecular complexity index is 634. The van der Waals surface area contributed by atoms with Gasteiger partial charge in [-0.3, -0.25) is 4.79 Å². The molecule has 1 aromatic carbocycles. The Kier molecular flexibility index (Phi) is 5.50. The molecule has 0 saturated heterocycles. The van der Waals surface area contributed by atoms with Gasteiger partial charge in [-0.25, -0.2) is 4.98 Å². The SMILES string of the molecule is CCC(CCCC=Cc1ccc2ccccc2n1)C(=O)O. The number of carboxylic acids is 1. The van der Waals surface area contributed by atoms with Crippen LogP contribution in [0.2, 0.25) is 0 Å². The van der Waals surface area contributed by atoms with Crippen LogP contribution in [-0.4, -0.2) is 16.1 Å². The molecule has 0 aliphatic heterocycles. The second-order valence-corrected chi connectivity index (χ2v) is 5.21. The fraction of sp³-hybridized carbons (Fsp3) is 0.333. The molecule has 1 aromatic heterocycles. The highest BCUT2D eigenvalue weighted by Crippen LogP contribution is 2.15. The van der Waals surface area contributed by atoms with Crippen LogP contribution < -0.4 is 0 Å². The van der Waals surface area contributed by atoms with Gasteiger partial charge in [0.1, 0.15) is 0 Å². The summed E-state index contributed by atoms with van der Waals surface area (Å²) in [6, 6.07) is 12.1. The fourth-order valence-corrected chi connectivity index (χ4v) is 2.36. The highest BCUT2D eigenvalue weighted by Gasteiger charge is 2.13. The summed E-state index contributed by atoms with van der Waals surface area (Å²) < 4.78 is 0. The first kappa shape index (κ1) is 15.2. The zero-order valence-electron chi connectivity index (χ0n) is 12.3. The largest absolute Gasteiger partial charge is 0.481 e. The summed E-state index contributed by atoms with van der Waals surface area (Å²) in [5.74, 6) is -0.894. The molecule has 0 aliphatic carbocycles. The van der Waals surface area contributed by atoms with Gasteiger partial charge in [0, 0.05) is 5.39 Å². The Morgan fingerprint density at radius 1 is 1.29 bits per heavy atom. The van der Waals surface area contributed by atoms with Crippen LogP contribution in [0.4, 0.5) is 0 Å². The number of aromatic nitrogens is 1. The topological polar surface area (TPSA) is 50.2 Å². The molecule has 1 atom stereocenters. The predicted molar refractivity (Wildman–Crippen MR) is 86.0 cm³/mol.